The van der Waals surface area contributed by atoms with E-state index >= 15 is 0 Å². The van der Waals surface area contributed by atoms with E-state index in [0.717, 1.165) is 17.5 Å². The van der Waals surface area contributed by atoms with Crippen LogP contribution in [-0.4, -0.2) is 29.3 Å². The first-order chi connectivity index (χ1) is 16.0. The van der Waals surface area contributed by atoms with E-state index in [0.29, 0.717) is 23.6 Å². The average molecular weight is 467 g/mol. The highest BCUT2D eigenvalue weighted by molar-refractivity contribution is 6.31. The molecule has 3 rings (SSSR count). The number of hydrogen-bond donors (Lipinski definition) is 1. The highest BCUT2D eigenvalue weighted by Gasteiger charge is 2.31. The van der Waals surface area contributed by atoms with Gasteiger partial charge in [-0.2, -0.15) is 0 Å². The molecule has 0 spiro atoms. The predicted octanol–water partition coefficient (Wildman–Crippen LogP) is 5.19. The van der Waals surface area contributed by atoms with Crippen LogP contribution in [0.4, 0.5) is 4.39 Å². The molecular weight excluding hydrogens is 439 g/mol. The minimum atomic E-state index is -0.769. The van der Waals surface area contributed by atoms with Gasteiger partial charge in [0.2, 0.25) is 11.8 Å². The van der Waals surface area contributed by atoms with E-state index < -0.39 is 11.9 Å². The standard InChI is InChI=1S/C27H28ClFN2O2/c1-2-16-30-27(33)25(17-20-10-4-3-5-11-20)31(19-22-13-6-8-14-23(22)28)26(32)18-21-12-7-9-15-24(21)29/h3-15,25H,2,16-19H2,1H3,(H,30,33)/t25-/m1/s1. The van der Waals surface area contributed by atoms with Gasteiger partial charge in [-0.3, -0.25) is 9.59 Å². The lowest BCUT2D eigenvalue weighted by Crippen LogP contribution is -2.51. The summed E-state index contributed by atoms with van der Waals surface area (Å²) in [5.41, 5.74) is 1.94. The molecule has 0 heterocycles. The lowest BCUT2D eigenvalue weighted by atomic mass is 10.0. The van der Waals surface area contributed by atoms with Gasteiger partial charge in [0.25, 0.3) is 0 Å². The Bertz CT molecular complexity index is 1070. The molecule has 0 aliphatic rings. The van der Waals surface area contributed by atoms with Gasteiger partial charge < -0.3 is 10.2 Å². The molecule has 0 aliphatic heterocycles. The largest absolute Gasteiger partial charge is 0.354 e. The van der Waals surface area contributed by atoms with Crippen molar-refractivity contribution < 1.29 is 14.0 Å². The smallest absolute Gasteiger partial charge is 0.243 e. The van der Waals surface area contributed by atoms with Crippen LogP contribution in [0.25, 0.3) is 0 Å². The van der Waals surface area contributed by atoms with Crippen LogP contribution in [0.2, 0.25) is 5.02 Å². The minimum Gasteiger partial charge on any atom is -0.354 e. The maximum atomic E-state index is 14.3. The van der Waals surface area contributed by atoms with Crippen molar-refractivity contribution in [2.24, 2.45) is 0 Å². The number of nitrogens with zero attached hydrogens (tertiary/aromatic N) is 1. The minimum absolute atomic E-state index is 0.143. The molecule has 2 amide bonds. The van der Waals surface area contributed by atoms with Crippen LogP contribution in [0.15, 0.2) is 78.9 Å². The number of benzene rings is 3. The molecule has 0 aromatic heterocycles. The predicted molar refractivity (Wildman–Crippen MR) is 129 cm³/mol. The van der Waals surface area contributed by atoms with Crippen molar-refractivity contribution in [2.75, 3.05) is 6.54 Å². The quantitative estimate of drug-likeness (QED) is 0.447. The molecule has 0 saturated carbocycles. The maximum Gasteiger partial charge on any atom is 0.243 e. The first-order valence-electron chi connectivity index (χ1n) is 11.1. The van der Waals surface area contributed by atoms with E-state index in [1.54, 1.807) is 24.3 Å². The Labute approximate surface area is 199 Å². The van der Waals surface area contributed by atoms with Crippen LogP contribution < -0.4 is 5.32 Å². The Hall–Kier alpha value is -3.18. The first-order valence-corrected chi connectivity index (χ1v) is 11.4. The number of carbonyl (C=O) groups excluding carboxylic acids is 2. The molecule has 0 radical (unpaired) electrons. The zero-order valence-corrected chi connectivity index (χ0v) is 19.4. The van der Waals surface area contributed by atoms with Crippen molar-refractivity contribution in [3.05, 3.63) is 106 Å². The van der Waals surface area contributed by atoms with Crippen LogP contribution in [0, 0.1) is 5.82 Å². The van der Waals surface area contributed by atoms with Crippen molar-refractivity contribution in [2.45, 2.75) is 38.8 Å². The molecular formula is C27H28ClFN2O2. The zero-order chi connectivity index (χ0) is 23.6. The van der Waals surface area contributed by atoms with Crippen LogP contribution in [0.3, 0.4) is 0 Å². The monoisotopic (exact) mass is 466 g/mol. The number of rotatable bonds is 10. The highest BCUT2D eigenvalue weighted by atomic mass is 35.5. The van der Waals surface area contributed by atoms with Crippen molar-refractivity contribution >= 4 is 23.4 Å². The van der Waals surface area contributed by atoms with Gasteiger partial charge in [0.05, 0.1) is 6.42 Å². The van der Waals surface area contributed by atoms with Crippen molar-refractivity contribution in [1.82, 2.24) is 10.2 Å². The molecule has 3 aromatic rings. The second-order valence-corrected chi connectivity index (χ2v) is 8.28. The van der Waals surface area contributed by atoms with Gasteiger partial charge >= 0.3 is 0 Å². The molecule has 3 aromatic carbocycles. The van der Waals surface area contributed by atoms with Crippen molar-refractivity contribution in [1.29, 1.82) is 0 Å². The normalized spacial score (nSPS) is 11.6. The lowest BCUT2D eigenvalue weighted by Gasteiger charge is -2.32. The van der Waals surface area contributed by atoms with Crippen LogP contribution in [0.5, 0.6) is 0 Å². The van der Waals surface area contributed by atoms with Gasteiger partial charge in [-0.25, -0.2) is 4.39 Å². The summed E-state index contributed by atoms with van der Waals surface area (Å²) in [4.78, 5) is 28.3. The molecule has 0 saturated heterocycles. The summed E-state index contributed by atoms with van der Waals surface area (Å²) in [6.45, 7) is 2.62. The Morgan fingerprint density at radius 3 is 2.24 bits per heavy atom. The van der Waals surface area contributed by atoms with Crippen LogP contribution >= 0.6 is 11.6 Å². The topological polar surface area (TPSA) is 49.4 Å². The zero-order valence-electron chi connectivity index (χ0n) is 18.6. The third-order valence-electron chi connectivity index (χ3n) is 5.42. The number of carbonyl (C=O) groups is 2. The van der Waals surface area contributed by atoms with Gasteiger partial charge in [-0.1, -0.05) is 85.3 Å². The molecule has 33 heavy (non-hydrogen) atoms. The van der Waals surface area contributed by atoms with Gasteiger partial charge in [0.1, 0.15) is 11.9 Å². The van der Waals surface area contributed by atoms with Crippen LogP contribution in [0.1, 0.15) is 30.0 Å². The molecule has 0 unspecified atom stereocenters. The van der Waals surface area contributed by atoms with E-state index in [4.69, 9.17) is 11.6 Å². The summed E-state index contributed by atoms with van der Waals surface area (Å²) in [5, 5.41) is 3.43. The van der Waals surface area contributed by atoms with E-state index in [1.807, 2.05) is 55.5 Å². The third-order valence-corrected chi connectivity index (χ3v) is 5.79. The first kappa shape index (κ1) is 24.5. The summed E-state index contributed by atoms with van der Waals surface area (Å²) < 4.78 is 14.3. The Balaban J connectivity index is 1.97. The molecule has 1 atom stereocenters. The number of hydrogen-bond acceptors (Lipinski definition) is 2. The molecule has 4 nitrogen and oxygen atoms in total. The van der Waals surface area contributed by atoms with Crippen molar-refractivity contribution in [3.63, 3.8) is 0 Å². The third kappa shape index (κ3) is 6.90. The molecule has 0 bridgehead atoms. The summed E-state index contributed by atoms with van der Waals surface area (Å²) in [7, 11) is 0. The fraction of sp³-hybridized carbons (Fsp3) is 0.259. The van der Waals surface area contributed by atoms with E-state index in [9.17, 15) is 14.0 Å². The summed E-state index contributed by atoms with van der Waals surface area (Å²) >= 11 is 6.39. The lowest BCUT2D eigenvalue weighted by molar-refractivity contribution is -0.140. The maximum absolute atomic E-state index is 14.3. The summed E-state index contributed by atoms with van der Waals surface area (Å²) in [5.74, 6) is -1.03. The van der Waals surface area contributed by atoms with Gasteiger partial charge in [-0.05, 0) is 35.2 Å². The molecule has 172 valence electrons. The summed E-state index contributed by atoms with van der Waals surface area (Å²) in [6, 6.07) is 22.2. The number of amides is 2. The van der Waals surface area contributed by atoms with E-state index in [-0.39, 0.29) is 24.8 Å². The SMILES string of the molecule is CCCNC(=O)[C@@H](Cc1ccccc1)N(Cc1ccccc1Cl)C(=O)Cc1ccccc1F. The molecule has 1 N–H and O–H groups in total. The molecule has 6 heteroatoms. The fourth-order valence-corrected chi connectivity index (χ4v) is 3.83. The van der Waals surface area contributed by atoms with Crippen LogP contribution in [-0.2, 0) is 29.0 Å². The Morgan fingerprint density at radius 1 is 0.939 bits per heavy atom. The van der Waals surface area contributed by atoms with Gasteiger partial charge in [0, 0.05) is 24.5 Å². The van der Waals surface area contributed by atoms with Gasteiger partial charge in [0.15, 0.2) is 0 Å². The number of nitrogens with one attached hydrogen (secondary N) is 1. The highest BCUT2D eigenvalue weighted by Crippen LogP contribution is 2.21. The van der Waals surface area contributed by atoms with E-state index in [1.165, 1.54) is 11.0 Å². The molecule has 0 aliphatic carbocycles. The second kappa shape index (κ2) is 12.2. The average Bonchev–Trinajstić information content (AvgIpc) is 2.83. The summed E-state index contributed by atoms with van der Waals surface area (Å²) in [6.07, 6.45) is 0.963. The number of halogens is 2. The fourth-order valence-electron chi connectivity index (χ4n) is 3.64. The molecule has 0 fully saturated rings. The van der Waals surface area contributed by atoms with E-state index in [2.05, 4.69) is 5.32 Å². The van der Waals surface area contributed by atoms with Crippen molar-refractivity contribution in [3.8, 4) is 0 Å². The van der Waals surface area contributed by atoms with Gasteiger partial charge in [-0.15, -0.1) is 0 Å². The Morgan fingerprint density at radius 2 is 1.58 bits per heavy atom. The Kier molecular flexibility index (Phi) is 9.02. The second-order valence-electron chi connectivity index (χ2n) is 7.88.